The van der Waals surface area contributed by atoms with Gasteiger partial charge in [0.1, 0.15) is 24.4 Å². The van der Waals surface area contributed by atoms with Crippen molar-refractivity contribution in [3.8, 4) is 0 Å². The van der Waals surface area contributed by atoms with Gasteiger partial charge in [-0.25, -0.2) is 0 Å². The van der Waals surface area contributed by atoms with Crippen molar-refractivity contribution in [2.24, 2.45) is 0 Å². The molecule has 2 bridgehead atoms. The van der Waals surface area contributed by atoms with Crippen LogP contribution in [0.15, 0.2) is 0 Å². The molecule has 0 saturated carbocycles. The fourth-order valence-electron chi connectivity index (χ4n) is 2.32. The molecule has 80 valence electrons. The van der Waals surface area contributed by atoms with Crippen LogP contribution in [-0.2, 0) is 18.9 Å². The van der Waals surface area contributed by atoms with E-state index in [4.69, 9.17) is 18.9 Å². The van der Waals surface area contributed by atoms with E-state index < -0.39 is 18.2 Å². The highest BCUT2D eigenvalue weighted by Gasteiger charge is 2.57. The normalized spacial score (nSPS) is 54.6. The lowest BCUT2D eigenvalue weighted by atomic mass is 10.0. The van der Waals surface area contributed by atoms with Gasteiger partial charge in [0.2, 0.25) is 0 Å². The number of ether oxygens (including phenoxy) is 4. The lowest BCUT2D eigenvalue weighted by Crippen LogP contribution is -2.52. The topological polar surface area (TPSA) is 57.2 Å². The summed E-state index contributed by atoms with van der Waals surface area (Å²) in [7, 11) is 0. The average Bonchev–Trinajstić information content (AvgIpc) is 2.64. The van der Waals surface area contributed by atoms with Crippen LogP contribution >= 0.6 is 0 Å². The Morgan fingerprint density at radius 1 is 1.21 bits per heavy atom. The smallest absolute Gasteiger partial charge is 0.186 e. The third kappa shape index (κ3) is 1.14. The van der Waals surface area contributed by atoms with Gasteiger partial charge >= 0.3 is 0 Å². The number of fused-ring (bicyclic) bond motifs is 4. The lowest BCUT2D eigenvalue weighted by molar-refractivity contribution is -0.204. The van der Waals surface area contributed by atoms with E-state index >= 15 is 0 Å². The van der Waals surface area contributed by atoms with E-state index in [1.807, 2.05) is 13.8 Å². The Kier molecular flexibility index (Phi) is 1.73. The first-order valence-corrected chi connectivity index (χ1v) is 4.88. The summed E-state index contributed by atoms with van der Waals surface area (Å²) >= 11 is 0. The van der Waals surface area contributed by atoms with E-state index in [9.17, 15) is 5.11 Å². The molecule has 0 amide bonds. The van der Waals surface area contributed by atoms with Crippen molar-refractivity contribution in [2.75, 3.05) is 6.61 Å². The Morgan fingerprint density at radius 3 is 2.71 bits per heavy atom. The van der Waals surface area contributed by atoms with E-state index in [2.05, 4.69) is 0 Å². The van der Waals surface area contributed by atoms with Gasteiger partial charge < -0.3 is 24.1 Å². The minimum Gasteiger partial charge on any atom is -0.385 e. The second kappa shape index (κ2) is 2.68. The third-order valence-electron chi connectivity index (χ3n) is 2.88. The first-order chi connectivity index (χ1) is 6.57. The highest BCUT2D eigenvalue weighted by Crippen LogP contribution is 2.40. The first-order valence-electron chi connectivity index (χ1n) is 4.88. The minimum atomic E-state index is -0.750. The Morgan fingerprint density at radius 2 is 1.93 bits per heavy atom. The van der Waals surface area contributed by atoms with Crippen LogP contribution in [0.4, 0.5) is 0 Å². The van der Waals surface area contributed by atoms with Crippen LogP contribution in [0, 0.1) is 0 Å². The molecule has 0 radical (unpaired) electrons. The quantitative estimate of drug-likeness (QED) is 0.580. The second-order valence-electron chi connectivity index (χ2n) is 4.43. The van der Waals surface area contributed by atoms with Crippen molar-refractivity contribution in [1.82, 2.24) is 0 Å². The molecule has 0 aliphatic carbocycles. The van der Waals surface area contributed by atoms with Crippen molar-refractivity contribution in [2.45, 2.75) is 50.3 Å². The van der Waals surface area contributed by atoms with Gasteiger partial charge in [0, 0.05) is 0 Å². The zero-order chi connectivity index (χ0) is 9.92. The molecule has 3 heterocycles. The molecule has 0 aromatic rings. The Hall–Kier alpha value is -0.200. The van der Waals surface area contributed by atoms with Crippen LogP contribution < -0.4 is 0 Å². The standard InChI is InChI=1S/C9H14O5/c1-9(2)13-6-4-3-11-8(12-4)5(10)7(6)14-9/h4-8,10H,3H2,1-2H3/t4-,5-,6-,7+,8+/m0/s1. The van der Waals surface area contributed by atoms with Gasteiger partial charge in [0.05, 0.1) is 6.61 Å². The molecule has 3 aliphatic rings. The molecule has 0 spiro atoms. The van der Waals surface area contributed by atoms with Crippen LogP contribution in [0.25, 0.3) is 0 Å². The van der Waals surface area contributed by atoms with Crippen molar-refractivity contribution in [3.63, 3.8) is 0 Å². The summed E-state index contributed by atoms with van der Waals surface area (Å²) in [6, 6.07) is 0. The predicted octanol–water partition coefficient (Wildman–Crippen LogP) is -0.378. The number of aliphatic hydroxyl groups is 1. The largest absolute Gasteiger partial charge is 0.385 e. The maximum Gasteiger partial charge on any atom is 0.186 e. The van der Waals surface area contributed by atoms with E-state index in [0.29, 0.717) is 6.61 Å². The van der Waals surface area contributed by atoms with Gasteiger partial charge in [-0.3, -0.25) is 0 Å². The van der Waals surface area contributed by atoms with Crippen LogP contribution in [-0.4, -0.2) is 48.2 Å². The SMILES string of the molecule is CC1(C)O[C@@H]2[C@H](O)[C@@H]3OC[C@H](O3)[C@@H]2O1. The maximum atomic E-state index is 9.84. The number of hydrogen-bond donors (Lipinski definition) is 1. The summed E-state index contributed by atoms with van der Waals surface area (Å²) in [4.78, 5) is 0. The zero-order valence-electron chi connectivity index (χ0n) is 8.17. The molecule has 3 aliphatic heterocycles. The average molecular weight is 202 g/mol. The molecule has 0 aromatic heterocycles. The van der Waals surface area contributed by atoms with Crippen molar-refractivity contribution in [3.05, 3.63) is 0 Å². The van der Waals surface area contributed by atoms with E-state index in [1.165, 1.54) is 0 Å². The third-order valence-corrected chi connectivity index (χ3v) is 2.88. The molecule has 0 unspecified atom stereocenters. The van der Waals surface area contributed by atoms with Crippen LogP contribution in [0.1, 0.15) is 13.8 Å². The van der Waals surface area contributed by atoms with Crippen LogP contribution in [0.2, 0.25) is 0 Å². The number of hydrogen-bond acceptors (Lipinski definition) is 5. The van der Waals surface area contributed by atoms with Crippen LogP contribution in [0.5, 0.6) is 0 Å². The van der Waals surface area contributed by atoms with E-state index in [1.54, 1.807) is 0 Å². The molecular formula is C9H14O5. The Balaban J connectivity index is 1.88. The summed E-state index contributed by atoms with van der Waals surface area (Å²) in [6.07, 6.45) is -1.93. The van der Waals surface area contributed by atoms with E-state index in [0.717, 1.165) is 0 Å². The molecule has 1 N–H and O–H groups in total. The second-order valence-corrected chi connectivity index (χ2v) is 4.43. The lowest BCUT2D eigenvalue weighted by Gasteiger charge is -2.31. The fraction of sp³-hybridized carbons (Fsp3) is 1.00. The summed E-state index contributed by atoms with van der Waals surface area (Å²) in [5, 5.41) is 9.84. The molecule has 3 saturated heterocycles. The first kappa shape index (κ1) is 9.06. The number of aliphatic hydroxyl groups excluding tert-OH is 1. The van der Waals surface area contributed by atoms with Gasteiger partial charge in [0.25, 0.3) is 0 Å². The zero-order valence-corrected chi connectivity index (χ0v) is 8.17. The predicted molar refractivity (Wildman–Crippen MR) is 44.4 cm³/mol. The Bertz CT molecular complexity index is 246. The monoisotopic (exact) mass is 202 g/mol. The molecule has 5 nitrogen and oxygen atoms in total. The highest BCUT2D eigenvalue weighted by molar-refractivity contribution is 4.99. The molecule has 3 fully saturated rings. The van der Waals surface area contributed by atoms with E-state index in [-0.39, 0.29) is 18.3 Å². The van der Waals surface area contributed by atoms with Gasteiger partial charge in [0.15, 0.2) is 12.1 Å². The maximum absolute atomic E-state index is 9.84. The molecule has 5 atom stereocenters. The summed E-state index contributed by atoms with van der Waals surface area (Å²) in [5.41, 5.74) is 0. The van der Waals surface area contributed by atoms with Gasteiger partial charge in [-0.1, -0.05) is 0 Å². The van der Waals surface area contributed by atoms with Crippen molar-refractivity contribution >= 4 is 0 Å². The molecule has 5 heteroatoms. The van der Waals surface area contributed by atoms with Gasteiger partial charge in [-0.2, -0.15) is 0 Å². The molecule has 0 aromatic carbocycles. The summed E-state index contributed by atoms with van der Waals surface area (Å²) in [5.74, 6) is -0.635. The van der Waals surface area contributed by atoms with Crippen molar-refractivity contribution < 1.29 is 24.1 Å². The van der Waals surface area contributed by atoms with Gasteiger partial charge in [-0.15, -0.1) is 0 Å². The molecule has 14 heavy (non-hydrogen) atoms. The van der Waals surface area contributed by atoms with Crippen molar-refractivity contribution in [1.29, 1.82) is 0 Å². The Labute approximate surface area is 81.9 Å². The summed E-state index contributed by atoms with van der Waals surface area (Å²) in [6.45, 7) is 4.15. The minimum absolute atomic E-state index is 0.102. The van der Waals surface area contributed by atoms with Crippen LogP contribution in [0.3, 0.4) is 0 Å². The fourth-order valence-corrected chi connectivity index (χ4v) is 2.32. The number of rotatable bonds is 0. The summed E-state index contributed by atoms with van der Waals surface area (Å²) < 4.78 is 22.0. The molecular weight excluding hydrogens is 188 g/mol. The van der Waals surface area contributed by atoms with Gasteiger partial charge in [-0.05, 0) is 13.8 Å². The highest BCUT2D eigenvalue weighted by atomic mass is 16.8. The molecule has 3 rings (SSSR count).